The van der Waals surface area contributed by atoms with Gasteiger partial charge in [0.25, 0.3) is 0 Å². The molecule has 1 atom stereocenters. The molecule has 3 aromatic heterocycles. The fraction of sp³-hybridized carbons (Fsp3) is 0.333. The van der Waals surface area contributed by atoms with Gasteiger partial charge in [-0.3, -0.25) is 4.40 Å². The third-order valence-corrected chi connectivity index (χ3v) is 5.52. The van der Waals surface area contributed by atoms with E-state index < -0.39 is 0 Å². The van der Waals surface area contributed by atoms with Crippen molar-refractivity contribution in [2.45, 2.75) is 45.7 Å². The zero-order chi connectivity index (χ0) is 19.3. The standard InChI is InChI=1S/C21H21N7/c1-13-11-19(23-14(2)20-26-25-18-9-5-6-10-27(18)20)28-17-8-4-3-7-16(17)24-21(28)15(13)12-22/h3-4,7-8,11,14,23H,5-6,9-10H2,1-2H3. The number of aryl methyl sites for hydroxylation is 2. The summed E-state index contributed by atoms with van der Waals surface area (Å²) >= 11 is 0. The number of pyridine rings is 1. The van der Waals surface area contributed by atoms with Crippen molar-refractivity contribution in [2.75, 3.05) is 5.32 Å². The molecule has 1 aliphatic rings. The highest BCUT2D eigenvalue weighted by Crippen LogP contribution is 2.29. The van der Waals surface area contributed by atoms with Gasteiger partial charge in [0.15, 0.2) is 11.5 Å². The highest BCUT2D eigenvalue weighted by molar-refractivity contribution is 5.85. The molecule has 0 bridgehead atoms. The van der Waals surface area contributed by atoms with E-state index in [4.69, 9.17) is 4.98 Å². The maximum absolute atomic E-state index is 9.65. The first-order valence-electron chi connectivity index (χ1n) is 9.67. The summed E-state index contributed by atoms with van der Waals surface area (Å²) in [6.45, 7) is 5.02. The molecule has 0 radical (unpaired) electrons. The topological polar surface area (TPSA) is 83.8 Å². The molecule has 4 aromatic rings. The van der Waals surface area contributed by atoms with Gasteiger partial charge in [0.05, 0.1) is 22.6 Å². The molecule has 1 unspecified atom stereocenters. The van der Waals surface area contributed by atoms with E-state index in [9.17, 15) is 5.26 Å². The average molecular weight is 371 g/mol. The lowest BCUT2D eigenvalue weighted by Gasteiger charge is -2.20. The highest BCUT2D eigenvalue weighted by atomic mass is 15.3. The Kier molecular flexibility index (Phi) is 3.79. The molecule has 7 heteroatoms. The third kappa shape index (κ3) is 2.45. The molecular formula is C21H21N7. The zero-order valence-electron chi connectivity index (χ0n) is 16.0. The second kappa shape index (κ2) is 6.34. The highest BCUT2D eigenvalue weighted by Gasteiger charge is 2.22. The van der Waals surface area contributed by atoms with Crippen LogP contribution in [0.15, 0.2) is 30.3 Å². The van der Waals surface area contributed by atoms with Crippen molar-refractivity contribution in [3.05, 3.63) is 53.1 Å². The monoisotopic (exact) mass is 371 g/mol. The molecule has 0 spiro atoms. The first kappa shape index (κ1) is 16.8. The third-order valence-electron chi connectivity index (χ3n) is 5.52. The van der Waals surface area contributed by atoms with Crippen LogP contribution in [0.3, 0.4) is 0 Å². The van der Waals surface area contributed by atoms with Crippen LogP contribution in [-0.2, 0) is 13.0 Å². The van der Waals surface area contributed by atoms with Crippen molar-refractivity contribution in [1.29, 1.82) is 5.26 Å². The van der Waals surface area contributed by atoms with E-state index in [0.717, 1.165) is 53.4 Å². The fourth-order valence-corrected chi connectivity index (χ4v) is 4.14. The Hall–Kier alpha value is -3.40. The minimum Gasteiger partial charge on any atom is -0.361 e. The van der Waals surface area contributed by atoms with Gasteiger partial charge in [-0.1, -0.05) is 12.1 Å². The number of fused-ring (bicyclic) bond motifs is 4. The summed E-state index contributed by atoms with van der Waals surface area (Å²) in [5.41, 5.74) is 4.05. The Morgan fingerprint density at radius 2 is 2.07 bits per heavy atom. The number of nitrogens with zero attached hydrogens (tertiary/aromatic N) is 6. The number of hydrogen-bond acceptors (Lipinski definition) is 5. The number of para-hydroxylation sites is 2. The van der Waals surface area contributed by atoms with E-state index >= 15 is 0 Å². The first-order valence-corrected chi connectivity index (χ1v) is 9.67. The van der Waals surface area contributed by atoms with Crippen LogP contribution in [0.2, 0.25) is 0 Å². The number of rotatable bonds is 3. The van der Waals surface area contributed by atoms with Crippen LogP contribution in [0.5, 0.6) is 0 Å². The SMILES string of the molecule is Cc1cc(NC(C)c2nnc3n2CCCC3)n2c(nc3ccccc32)c1C#N. The molecule has 0 saturated heterocycles. The number of nitrogens with one attached hydrogen (secondary N) is 1. The van der Waals surface area contributed by atoms with Crippen molar-refractivity contribution in [3.8, 4) is 6.07 Å². The van der Waals surface area contributed by atoms with Gasteiger partial charge in [0.2, 0.25) is 0 Å². The Bertz CT molecular complexity index is 1240. The molecule has 5 rings (SSSR count). The summed E-state index contributed by atoms with van der Waals surface area (Å²) < 4.78 is 4.27. The van der Waals surface area contributed by atoms with Crippen LogP contribution in [0.4, 0.5) is 5.82 Å². The lowest BCUT2D eigenvalue weighted by atomic mass is 10.1. The molecule has 140 valence electrons. The van der Waals surface area contributed by atoms with Crippen molar-refractivity contribution in [3.63, 3.8) is 0 Å². The summed E-state index contributed by atoms with van der Waals surface area (Å²) in [6.07, 6.45) is 3.33. The van der Waals surface area contributed by atoms with Gasteiger partial charge < -0.3 is 9.88 Å². The number of imidazole rings is 1. The van der Waals surface area contributed by atoms with Crippen molar-refractivity contribution >= 4 is 22.5 Å². The van der Waals surface area contributed by atoms with Gasteiger partial charge in [-0.25, -0.2) is 4.98 Å². The molecule has 0 fully saturated rings. The number of anilines is 1. The molecule has 1 aromatic carbocycles. The van der Waals surface area contributed by atoms with Crippen molar-refractivity contribution in [2.24, 2.45) is 0 Å². The average Bonchev–Trinajstić information content (AvgIpc) is 3.30. The van der Waals surface area contributed by atoms with E-state index in [0.29, 0.717) is 11.2 Å². The summed E-state index contributed by atoms with van der Waals surface area (Å²) in [7, 11) is 0. The van der Waals surface area contributed by atoms with Gasteiger partial charge >= 0.3 is 0 Å². The summed E-state index contributed by atoms with van der Waals surface area (Å²) in [6, 6.07) is 12.3. The van der Waals surface area contributed by atoms with E-state index in [-0.39, 0.29) is 6.04 Å². The lowest BCUT2D eigenvalue weighted by Crippen LogP contribution is -2.19. The van der Waals surface area contributed by atoms with E-state index in [1.54, 1.807) is 0 Å². The second-order valence-corrected chi connectivity index (χ2v) is 7.41. The molecule has 1 aliphatic heterocycles. The molecule has 7 nitrogen and oxygen atoms in total. The van der Waals surface area contributed by atoms with Crippen LogP contribution in [-0.4, -0.2) is 24.1 Å². The second-order valence-electron chi connectivity index (χ2n) is 7.41. The smallest absolute Gasteiger partial charge is 0.157 e. The van der Waals surface area contributed by atoms with Gasteiger partial charge in [0, 0.05) is 13.0 Å². The molecule has 1 N–H and O–H groups in total. The minimum absolute atomic E-state index is 0.0175. The van der Waals surface area contributed by atoms with Crippen LogP contribution in [0.1, 0.15) is 48.6 Å². The zero-order valence-corrected chi connectivity index (χ0v) is 16.0. The Labute approximate surface area is 162 Å². The van der Waals surface area contributed by atoms with E-state index in [1.807, 2.05) is 41.7 Å². The number of hydrogen-bond donors (Lipinski definition) is 1. The Morgan fingerprint density at radius 1 is 1.21 bits per heavy atom. The first-order chi connectivity index (χ1) is 13.7. The van der Waals surface area contributed by atoms with Crippen molar-refractivity contribution < 1.29 is 0 Å². The summed E-state index contributed by atoms with van der Waals surface area (Å²) in [5.74, 6) is 2.93. The number of benzene rings is 1. The van der Waals surface area contributed by atoms with Gasteiger partial charge in [-0.15, -0.1) is 10.2 Å². The fourth-order valence-electron chi connectivity index (χ4n) is 4.14. The van der Waals surface area contributed by atoms with Crippen molar-refractivity contribution in [1.82, 2.24) is 24.1 Å². The largest absolute Gasteiger partial charge is 0.361 e. The normalized spacial score (nSPS) is 14.8. The maximum Gasteiger partial charge on any atom is 0.157 e. The lowest BCUT2D eigenvalue weighted by molar-refractivity contribution is 0.500. The van der Waals surface area contributed by atoms with Crippen LogP contribution < -0.4 is 5.32 Å². The Morgan fingerprint density at radius 3 is 2.93 bits per heavy atom. The molecule has 0 saturated carbocycles. The molecular weight excluding hydrogens is 350 g/mol. The van der Waals surface area contributed by atoms with Crippen LogP contribution in [0, 0.1) is 18.3 Å². The van der Waals surface area contributed by atoms with Gasteiger partial charge in [-0.05, 0) is 50.5 Å². The minimum atomic E-state index is -0.0175. The number of nitriles is 1. The van der Waals surface area contributed by atoms with Crippen LogP contribution >= 0.6 is 0 Å². The van der Waals surface area contributed by atoms with Crippen LogP contribution in [0.25, 0.3) is 16.7 Å². The molecule has 0 aliphatic carbocycles. The van der Waals surface area contributed by atoms with E-state index in [2.05, 4.69) is 33.1 Å². The van der Waals surface area contributed by atoms with Gasteiger partial charge in [-0.2, -0.15) is 5.26 Å². The predicted molar refractivity (Wildman–Crippen MR) is 107 cm³/mol. The maximum atomic E-state index is 9.65. The quantitative estimate of drug-likeness (QED) is 0.593. The summed E-state index contributed by atoms with van der Waals surface area (Å²) in [5, 5.41) is 22.1. The van der Waals surface area contributed by atoms with Gasteiger partial charge in [0.1, 0.15) is 17.7 Å². The predicted octanol–water partition coefficient (Wildman–Crippen LogP) is 3.77. The Balaban J connectivity index is 1.65. The van der Waals surface area contributed by atoms with E-state index in [1.165, 1.54) is 6.42 Å². The molecule has 4 heterocycles. The molecule has 0 amide bonds. The number of aromatic nitrogens is 5. The summed E-state index contributed by atoms with van der Waals surface area (Å²) in [4.78, 5) is 4.72. The molecule has 28 heavy (non-hydrogen) atoms.